The standard InChI is InChI=1S/C14H21N3O.2ClH/c1-15-9-14(18)16-13-7-8-17(11-13)10-12-5-3-2-4-6-12;;/h2-6,13,15H,7-11H2,1H3,(H,16,18);2*1H. The molecule has 4 nitrogen and oxygen atoms in total. The lowest BCUT2D eigenvalue weighted by molar-refractivity contribution is -0.120. The van der Waals surface area contributed by atoms with Gasteiger partial charge >= 0.3 is 0 Å². The lowest BCUT2D eigenvalue weighted by Gasteiger charge is -2.16. The normalized spacial score (nSPS) is 17.9. The summed E-state index contributed by atoms with van der Waals surface area (Å²) < 4.78 is 0. The molecule has 0 radical (unpaired) electrons. The molecule has 2 rings (SSSR count). The monoisotopic (exact) mass is 319 g/mol. The SMILES string of the molecule is CNCC(=O)NC1CCN(Cc2ccccc2)C1.Cl.Cl. The van der Waals surface area contributed by atoms with Crippen molar-refractivity contribution in [3.8, 4) is 0 Å². The summed E-state index contributed by atoms with van der Waals surface area (Å²) in [7, 11) is 1.79. The highest BCUT2D eigenvalue weighted by atomic mass is 35.5. The van der Waals surface area contributed by atoms with E-state index in [1.807, 2.05) is 6.07 Å². The second-order valence-corrected chi connectivity index (χ2v) is 4.80. The number of likely N-dealkylation sites (tertiary alicyclic amines) is 1. The lowest BCUT2D eigenvalue weighted by Crippen LogP contribution is -2.41. The Balaban J connectivity index is 0.00000180. The summed E-state index contributed by atoms with van der Waals surface area (Å²) in [4.78, 5) is 13.9. The van der Waals surface area contributed by atoms with E-state index in [2.05, 4.69) is 39.8 Å². The molecule has 1 aliphatic rings. The topological polar surface area (TPSA) is 44.4 Å². The summed E-state index contributed by atoms with van der Waals surface area (Å²) in [6.07, 6.45) is 1.04. The molecule has 1 aromatic rings. The summed E-state index contributed by atoms with van der Waals surface area (Å²) in [5.74, 6) is 0.0871. The van der Waals surface area contributed by atoms with E-state index in [9.17, 15) is 4.79 Å². The number of hydrogen-bond acceptors (Lipinski definition) is 3. The van der Waals surface area contributed by atoms with Crippen molar-refractivity contribution in [2.75, 3.05) is 26.7 Å². The van der Waals surface area contributed by atoms with Crippen LogP contribution in [0.5, 0.6) is 0 Å². The van der Waals surface area contributed by atoms with E-state index >= 15 is 0 Å². The molecule has 1 aliphatic heterocycles. The van der Waals surface area contributed by atoms with Crippen LogP contribution in [0.2, 0.25) is 0 Å². The molecule has 1 amide bonds. The zero-order valence-corrected chi connectivity index (χ0v) is 13.3. The first-order valence-corrected chi connectivity index (χ1v) is 6.48. The van der Waals surface area contributed by atoms with E-state index in [4.69, 9.17) is 0 Å². The van der Waals surface area contributed by atoms with Gasteiger partial charge in [-0.15, -0.1) is 24.8 Å². The van der Waals surface area contributed by atoms with E-state index in [1.54, 1.807) is 7.05 Å². The van der Waals surface area contributed by atoms with Gasteiger partial charge in [0.25, 0.3) is 0 Å². The van der Waals surface area contributed by atoms with Crippen molar-refractivity contribution in [2.24, 2.45) is 0 Å². The van der Waals surface area contributed by atoms with Gasteiger partial charge in [0.05, 0.1) is 6.54 Å². The molecule has 1 saturated heterocycles. The fourth-order valence-corrected chi connectivity index (χ4v) is 2.37. The van der Waals surface area contributed by atoms with Crippen molar-refractivity contribution in [2.45, 2.75) is 19.0 Å². The average Bonchev–Trinajstić information content (AvgIpc) is 2.78. The minimum absolute atomic E-state index is 0. The number of amides is 1. The molecule has 0 bridgehead atoms. The number of likely N-dealkylation sites (N-methyl/N-ethyl adjacent to an activating group) is 1. The molecular formula is C14H23Cl2N3O. The third-order valence-electron chi connectivity index (χ3n) is 3.22. The summed E-state index contributed by atoms with van der Waals surface area (Å²) in [5, 5.41) is 5.92. The minimum atomic E-state index is 0. The third kappa shape index (κ3) is 6.09. The molecule has 0 aromatic heterocycles. The van der Waals surface area contributed by atoms with E-state index < -0.39 is 0 Å². The number of halogens is 2. The van der Waals surface area contributed by atoms with Crippen molar-refractivity contribution in [3.63, 3.8) is 0 Å². The Morgan fingerprint density at radius 3 is 2.65 bits per heavy atom. The van der Waals surface area contributed by atoms with Crippen LogP contribution in [0.4, 0.5) is 0 Å². The zero-order chi connectivity index (χ0) is 12.8. The maximum atomic E-state index is 11.5. The molecule has 114 valence electrons. The predicted octanol–water partition coefficient (Wildman–Crippen LogP) is 1.44. The largest absolute Gasteiger partial charge is 0.351 e. The smallest absolute Gasteiger partial charge is 0.234 e. The van der Waals surface area contributed by atoms with Crippen LogP contribution < -0.4 is 10.6 Å². The van der Waals surface area contributed by atoms with Crippen LogP contribution in [0.15, 0.2) is 30.3 Å². The van der Waals surface area contributed by atoms with Gasteiger partial charge < -0.3 is 10.6 Å². The summed E-state index contributed by atoms with van der Waals surface area (Å²) >= 11 is 0. The summed E-state index contributed by atoms with van der Waals surface area (Å²) in [6.45, 7) is 3.37. The van der Waals surface area contributed by atoms with Crippen LogP contribution in [0, 0.1) is 0 Å². The number of carbonyl (C=O) groups is 1. The van der Waals surface area contributed by atoms with Gasteiger partial charge in [0.15, 0.2) is 0 Å². The Labute approximate surface area is 133 Å². The Hall–Kier alpha value is -0.810. The predicted molar refractivity (Wildman–Crippen MR) is 86.7 cm³/mol. The lowest BCUT2D eigenvalue weighted by atomic mass is 10.2. The van der Waals surface area contributed by atoms with Crippen molar-refractivity contribution < 1.29 is 4.79 Å². The first kappa shape index (κ1) is 19.2. The Bertz CT molecular complexity index is 389. The molecule has 6 heteroatoms. The van der Waals surface area contributed by atoms with E-state index in [1.165, 1.54) is 5.56 Å². The van der Waals surface area contributed by atoms with Crippen LogP contribution >= 0.6 is 24.8 Å². The molecule has 1 atom stereocenters. The Morgan fingerprint density at radius 2 is 2.00 bits per heavy atom. The molecule has 0 saturated carbocycles. The van der Waals surface area contributed by atoms with Gasteiger partial charge in [-0.05, 0) is 19.0 Å². The van der Waals surface area contributed by atoms with Gasteiger partial charge in [-0.1, -0.05) is 30.3 Å². The molecule has 1 unspecified atom stereocenters. The van der Waals surface area contributed by atoms with Crippen LogP contribution in [-0.2, 0) is 11.3 Å². The number of benzene rings is 1. The fraction of sp³-hybridized carbons (Fsp3) is 0.500. The van der Waals surface area contributed by atoms with E-state index in [0.717, 1.165) is 26.1 Å². The second-order valence-electron chi connectivity index (χ2n) is 4.80. The number of nitrogens with one attached hydrogen (secondary N) is 2. The Morgan fingerprint density at radius 1 is 1.30 bits per heavy atom. The third-order valence-corrected chi connectivity index (χ3v) is 3.22. The summed E-state index contributed by atoms with van der Waals surface area (Å²) in [5.41, 5.74) is 1.33. The zero-order valence-electron chi connectivity index (χ0n) is 11.7. The van der Waals surface area contributed by atoms with E-state index in [-0.39, 0.29) is 30.7 Å². The summed E-state index contributed by atoms with van der Waals surface area (Å²) in [6, 6.07) is 10.8. The van der Waals surface area contributed by atoms with Gasteiger partial charge in [0.2, 0.25) is 5.91 Å². The van der Waals surface area contributed by atoms with Gasteiger partial charge in [0, 0.05) is 25.7 Å². The highest BCUT2D eigenvalue weighted by molar-refractivity contribution is 5.85. The number of hydrogen-bond donors (Lipinski definition) is 2. The van der Waals surface area contributed by atoms with Crippen molar-refractivity contribution in [1.82, 2.24) is 15.5 Å². The molecular weight excluding hydrogens is 297 g/mol. The van der Waals surface area contributed by atoms with Gasteiger partial charge in [-0.3, -0.25) is 9.69 Å². The highest BCUT2D eigenvalue weighted by Gasteiger charge is 2.23. The van der Waals surface area contributed by atoms with Gasteiger partial charge in [0.1, 0.15) is 0 Å². The number of rotatable bonds is 5. The van der Waals surface area contributed by atoms with Crippen LogP contribution in [0.25, 0.3) is 0 Å². The quantitative estimate of drug-likeness (QED) is 0.863. The van der Waals surface area contributed by atoms with Crippen molar-refractivity contribution in [3.05, 3.63) is 35.9 Å². The highest BCUT2D eigenvalue weighted by Crippen LogP contribution is 2.13. The Kier molecular flexibility index (Phi) is 9.59. The molecule has 2 N–H and O–H groups in total. The fourth-order valence-electron chi connectivity index (χ4n) is 2.37. The van der Waals surface area contributed by atoms with Crippen molar-refractivity contribution >= 4 is 30.7 Å². The van der Waals surface area contributed by atoms with Gasteiger partial charge in [-0.25, -0.2) is 0 Å². The molecule has 0 aliphatic carbocycles. The first-order chi connectivity index (χ1) is 8.78. The second kappa shape index (κ2) is 10.00. The average molecular weight is 320 g/mol. The van der Waals surface area contributed by atoms with Crippen molar-refractivity contribution in [1.29, 1.82) is 0 Å². The maximum absolute atomic E-state index is 11.5. The first-order valence-electron chi connectivity index (χ1n) is 6.48. The van der Waals surface area contributed by atoms with Crippen LogP contribution in [-0.4, -0.2) is 43.5 Å². The minimum Gasteiger partial charge on any atom is -0.351 e. The molecule has 1 aromatic carbocycles. The number of nitrogens with zero attached hydrogens (tertiary/aromatic N) is 1. The van der Waals surface area contributed by atoms with Crippen LogP contribution in [0.3, 0.4) is 0 Å². The molecule has 1 heterocycles. The van der Waals surface area contributed by atoms with E-state index in [0.29, 0.717) is 12.6 Å². The number of carbonyl (C=O) groups excluding carboxylic acids is 1. The van der Waals surface area contributed by atoms with Gasteiger partial charge in [-0.2, -0.15) is 0 Å². The molecule has 1 fully saturated rings. The molecule has 0 spiro atoms. The van der Waals surface area contributed by atoms with Crippen LogP contribution in [0.1, 0.15) is 12.0 Å². The maximum Gasteiger partial charge on any atom is 0.234 e. The molecule has 20 heavy (non-hydrogen) atoms.